The van der Waals surface area contributed by atoms with E-state index in [1.165, 1.54) is 19.1 Å². The van der Waals surface area contributed by atoms with E-state index in [2.05, 4.69) is 18.4 Å². The molecule has 1 atom stereocenters. The van der Waals surface area contributed by atoms with Gasteiger partial charge in [-0.3, -0.25) is 4.79 Å². The van der Waals surface area contributed by atoms with Gasteiger partial charge in [0.15, 0.2) is 6.10 Å². The molecule has 2 aromatic rings. The molecule has 0 bridgehead atoms. The number of carbonyl (C=O) groups excluding carboxylic acids is 2. The van der Waals surface area contributed by atoms with E-state index in [1.807, 2.05) is 26.0 Å². The van der Waals surface area contributed by atoms with Gasteiger partial charge in [-0.2, -0.15) is 5.26 Å². The quantitative estimate of drug-likeness (QED) is 0.273. The molecular formula is C23H25ClN2O3. The first-order valence-corrected chi connectivity index (χ1v) is 9.81. The van der Waals surface area contributed by atoms with Crippen molar-refractivity contribution >= 4 is 29.4 Å². The minimum Gasteiger partial charge on any atom is -0.450 e. The smallest absolute Gasteiger partial charge is 0.349 e. The summed E-state index contributed by atoms with van der Waals surface area (Å²) in [5.74, 6) is -0.743. The van der Waals surface area contributed by atoms with E-state index in [0.29, 0.717) is 16.5 Å². The van der Waals surface area contributed by atoms with Gasteiger partial charge in [0.1, 0.15) is 11.6 Å². The summed E-state index contributed by atoms with van der Waals surface area (Å²) in [6.07, 6.45) is 0.476. The number of halogens is 1. The molecule has 5 nitrogen and oxygen atoms in total. The lowest BCUT2D eigenvalue weighted by atomic mass is 10.1. The van der Waals surface area contributed by atoms with Gasteiger partial charge in [0.25, 0.3) is 0 Å². The number of nitrogens with zero attached hydrogens (tertiary/aromatic N) is 2. The van der Waals surface area contributed by atoms with Gasteiger partial charge in [-0.05, 0) is 56.5 Å². The van der Waals surface area contributed by atoms with Crippen molar-refractivity contribution in [3.8, 4) is 6.07 Å². The lowest BCUT2D eigenvalue weighted by Gasteiger charge is -2.13. The second-order valence-corrected chi connectivity index (χ2v) is 7.86. The number of carbonyl (C=O) groups is 2. The molecule has 1 unspecified atom stereocenters. The molecule has 0 N–H and O–H groups in total. The number of rotatable bonds is 7. The van der Waals surface area contributed by atoms with Crippen LogP contribution in [0.15, 0.2) is 35.9 Å². The number of aryl methyl sites for hydroxylation is 1. The fourth-order valence-electron chi connectivity index (χ4n) is 3.07. The van der Waals surface area contributed by atoms with E-state index in [9.17, 15) is 14.9 Å². The van der Waals surface area contributed by atoms with Crippen molar-refractivity contribution in [1.29, 1.82) is 5.26 Å². The Kier molecular flexibility index (Phi) is 7.41. The average molecular weight is 413 g/mol. The van der Waals surface area contributed by atoms with Crippen molar-refractivity contribution < 1.29 is 14.3 Å². The van der Waals surface area contributed by atoms with Gasteiger partial charge in [0.05, 0.1) is 0 Å². The normalized spacial score (nSPS) is 12.6. The number of aromatic nitrogens is 1. The third kappa shape index (κ3) is 5.58. The number of benzene rings is 1. The van der Waals surface area contributed by atoms with Crippen LogP contribution in [0, 0.1) is 31.1 Å². The standard InChI is InChI=1S/C23H25ClN2O3/c1-14(2)13-26-15(3)9-19(16(26)4)10-20(12-25)23(28)29-17(5)22(27)18-7-6-8-21(24)11-18/h6-11,14,17H,13H2,1-5H3. The van der Waals surface area contributed by atoms with Crippen LogP contribution in [0.4, 0.5) is 0 Å². The predicted molar refractivity (Wildman–Crippen MR) is 114 cm³/mol. The summed E-state index contributed by atoms with van der Waals surface area (Å²) in [5, 5.41) is 9.87. The maximum atomic E-state index is 12.5. The van der Waals surface area contributed by atoms with Crippen LogP contribution < -0.4 is 0 Å². The maximum absolute atomic E-state index is 12.5. The van der Waals surface area contributed by atoms with E-state index in [1.54, 1.807) is 18.2 Å². The SMILES string of the molecule is Cc1cc(C=C(C#N)C(=O)OC(C)C(=O)c2cccc(Cl)c2)c(C)n1CC(C)C. The topological polar surface area (TPSA) is 72.1 Å². The Hall–Kier alpha value is -2.84. The zero-order chi connectivity index (χ0) is 21.7. The van der Waals surface area contributed by atoms with Crippen LogP contribution in [-0.2, 0) is 16.1 Å². The van der Waals surface area contributed by atoms with E-state index in [-0.39, 0.29) is 11.4 Å². The summed E-state index contributed by atoms with van der Waals surface area (Å²) in [6, 6.07) is 10.2. The molecule has 0 fully saturated rings. The molecule has 1 aromatic carbocycles. The van der Waals surface area contributed by atoms with Crippen molar-refractivity contribution in [3.63, 3.8) is 0 Å². The van der Waals surface area contributed by atoms with Gasteiger partial charge in [0, 0.05) is 28.5 Å². The Morgan fingerprint density at radius 2 is 1.93 bits per heavy atom. The summed E-state index contributed by atoms with van der Waals surface area (Å²) >= 11 is 5.91. The van der Waals surface area contributed by atoms with Crippen LogP contribution in [0.2, 0.25) is 5.02 Å². The molecule has 0 amide bonds. The van der Waals surface area contributed by atoms with E-state index in [0.717, 1.165) is 23.5 Å². The Labute approximate surface area is 176 Å². The van der Waals surface area contributed by atoms with Crippen LogP contribution >= 0.6 is 11.6 Å². The molecule has 6 heteroatoms. The minimum absolute atomic E-state index is 0.152. The Bertz CT molecular complexity index is 996. The summed E-state index contributed by atoms with van der Waals surface area (Å²) in [5.41, 5.74) is 3.00. The van der Waals surface area contributed by atoms with E-state index < -0.39 is 12.1 Å². The number of ketones is 1. The number of ether oxygens (including phenoxy) is 1. The van der Waals surface area contributed by atoms with Gasteiger partial charge >= 0.3 is 5.97 Å². The van der Waals surface area contributed by atoms with Gasteiger partial charge in [0.2, 0.25) is 5.78 Å². The molecule has 2 rings (SSSR count). The van der Waals surface area contributed by atoms with Gasteiger partial charge in [-0.1, -0.05) is 37.6 Å². The number of hydrogen-bond acceptors (Lipinski definition) is 4. The second kappa shape index (κ2) is 9.58. The summed E-state index contributed by atoms with van der Waals surface area (Å²) in [6.45, 7) is 10.5. The van der Waals surface area contributed by atoms with E-state index >= 15 is 0 Å². The highest BCUT2D eigenvalue weighted by atomic mass is 35.5. The molecule has 0 aliphatic heterocycles. The Balaban J connectivity index is 2.20. The Morgan fingerprint density at radius 3 is 2.52 bits per heavy atom. The zero-order valence-corrected chi connectivity index (χ0v) is 18.1. The third-order valence-corrected chi connectivity index (χ3v) is 4.80. The first-order valence-electron chi connectivity index (χ1n) is 9.43. The molecule has 1 aromatic heterocycles. The van der Waals surface area contributed by atoms with Gasteiger partial charge in [-0.25, -0.2) is 4.79 Å². The van der Waals surface area contributed by atoms with Crippen molar-refractivity contribution in [2.45, 2.75) is 47.3 Å². The largest absolute Gasteiger partial charge is 0.450 e. The highest BCUT2D eigenvalue weighted by Crippen LogP contribution is 2.21. The molecule has 29 heavy (non-hydrogen) atoms. The monoisotopic (exact) mass is 412 g/mol. The molecule has 0 aliphatic rings. The fraction of sp³-hybridized carbons (Fsp3) is 0.348. The van der Waals surface area contributed by atoms with Crippen molar-refractivity contribution in [2.24, 2.45) is 5.92 Å². The molecule has 0 saturated carbocycles. The molecular weight excluding hydrogens is 388 g/mol. The number of hydrogen-bond donors (Lipinski definition) is 0. The van der Waals surface area contributed by atoms with Crippen LogP contribution in [0.25, 0.3) is 6.08 Å². The average Bonchev–Trinajstić information content (AvgIpc) is 2.92. The first kappa shape index (κ1) is 22.4. The third-order valence-electron chi connectivity index (χ3n) is 4.56. The minimum atomic E-state index is -1.04. The van der Waals surface area contributed by atoms with Crippen molar-refractivity contribution in [3.05, 3.63) is 63.4 Å². The van der Waals surface area contributed by atoms with Gasteiger partial charge < -0.3 is 9.30 Å². The van der Waals surface area contributed by atoms with Crippen LogP contribution in [0.1, 0.15) is 48.1 Å². The molecule has 0 saturated heterocycles. The van der Waals surface area contributed by atoms with Crippen molar-refractivity contribution in [1.82, 2.24) is 4.57 Å². The Morgan fingerprint density at radius 1 is 1.24 bits per heavy atom. The summed E-state index contributed by atoms with van der Waals surface area (Å²) < 4.78 is 7.40. The molecule has 152 valence electrons. The van der Waals surface area contributed by atoms with Crippen molar-refractivity contribution in [2.75, 3.05) is 0 Å². The highest BCUT2D eigenvalue weighted by Gasteiger charge is 2.22. The van der Waals surface area contributed by atoms with Crippen LogP contribution in [-0.4, -0.2) is 22.4 Å². The van der Waals surface area contributed by atoms with Crippen LogP contribution in [0.3, 0.4) is 0 Å². The number of esters is 1. The first-order chi connectivity index (χ1) is 13.6. The maximum Gasteiger partial charge on any atom is 0.349 e. The van der Waals surface area contributed by atoms with Crippen LogP contribution in [0.5, 0.6) is 0 Å². The predicted octanol–water partition coefficient (Wildman–Crippen LogP) is 5.14. The molecule has 0 aliphatic carbocycles. The number of nitriles is 1. The fourth-order valence-corrected chi connectivity index (χ4v) is 3.26. The lowest BCUT2D eigenvalue weighted by Crippen LogP contribution is -2.25. The van der Waals surface area contributed by atoms with Gasteiger partial charge in [-0.15, -0.1) is 0 Å². The zero-order valence-electron chi connectivity index (χ0n) is 17.3. The molecule has 0 spiro atoms. The molecule has 1 heterocycles. The highest BCUT2D eigenvalue weighted by molar-refractivity contribution is 6.31. The molecule has 0 radical (unpaired) electrons. The summed E-state index contributed by atoms with van der Waals surface area (Å²) in [7, 11) is 0. The second-order valence-electron chi connectivity index (χ2n) is 7.42. The number of Topliss-reactive ketones (excluding diaryl/α,β-unsaturated/α-hetero) is 1. The summed E-state index contributed by atoms with van der Waals surface area (Å²) in [4.78, 5) is 24.9. The lowest BCUT2D eigenvalue weighted by molar-refractivity contribution is -0.141. The van der Waals surface area contributed by atoms with E-state index in [4.69, 9.17) is 16.3 Å².